The summed E-state index contributed by atoms with van der Waals surface area (Å²) in [7, 11) is 0. The van der Waals surface area contributed by atoms with Gasteiger partial charge in [-0.25, -0.2) is 8.78 Å². The standard InChI is InChI=1S/C15H16F2N2O2/c1-8(2)14(9-3-4-10(16)11(17)7-9)19-15(21)12-5-6-13(20)18-12/h3-4,7,12,14H,1,5-6H2,2H3,(H,18,20)(H,19,21)/t12-,14+/m0/s1. The average Bonchev–Trinajstić information content (AvgIpc) is 2.85. The third-order valence-electron chi connectivity index (χ3n) is 3.37. The molecule has 0 radical (unpaired) electrons. The number of carbonyl (C=O) groups is 2. The molecule has 21 heavy (non-hydrogen) atoms. The summed E-state index contributed by atoms with van der Waals surface area (Å²) < 4.78 is 26.3. The Hall–Kier alpha value is -2.24. The monoisotopic (exact) mass is 294 g/mol. The quantitative estimate of drug-likeness (QED) is 0.834. The highest BCUT2D eigenvalue weighted by molar-refractivity contribution is 5.91. The third-order valence-corrected chi connectivity index (χ3v) is 3.37. The first-order valence-electron chi connectivity index (χ1n) is 6.58. The number of nitrogens with one attached hydrogen (secondary N) is 2. The van der Waals surface area contributed by atoms with Crippen molar-refractivity contribution in [3.63, 3.8) is 0 Å². The summed E-state index contributed by atoms with van der Waals surface area (Å²) in [4.78, 5) is 23.2. The molecular formula is C15H16F2N2O2. The molecule has 1 heterocycles. The van der Waals surface area contributed by atoms with E-state index in [2.05, 4.69) is 17.2 Å². The van der Waals surface area contributed by atoms with Gasteiger partial charge in [-0.2, -0.15) is 0 Å². The molecule has 0 unspecified atom stereocenters. The van der Waals surface area contributed by atoms with Gasteiger partial charge in [0.25, 0.3) is 0 Å². The van der Waals surface area contributed by atoms with E-state index in [4.69, 9.17) is 0 Å². The third kappa shape index (κ3) is 3.45. The van der Waals surface area contributed by atoms with Gasteiger partial charge < -0.3 is 10.6 Å². The van der Waals surface area contributed by atoms with Gasteiger partial charge in [0.05, 0.1) is 6.04 Å². The smallest absolute Gasteiger partial charge is 0.243 e. The van der Waals surface area contributed by atoms with E-state index in [1.807, 2.05) is 0 Å². The van der Waals surface area contributed by atoms with E-state index in [0.717, 1.165) is 12.1 Å². The van der Waals surface area contributed by atoms with Crippen molar-refractivity contribution in [2.75, 3.05) is 0 Å². The van der Waals surface area contributed by atoms with Crippen LogP contribution in [-0.2, 0) is 9.59 Å². The molecule has 1 fully saturated rings. The molecule has 4 nitrogen and oxygen atoms in total. The fourth-order valence-electron chi connectivity index (χ4n) is 2.24. The first-order chi connectivity index (χ1) is 9.88. The van der Waals surface area contributed by atoms with E-state index in [-0.39, 0.29) is 11.8 Å². The summed E-state index contributed by atoms with van der Waals surface area (Å²) in [5.41, 5.74) is 0.984. The lowest BCUT2D eigenvalue weighted by atomic mass is 10.00. The maximum atomic E-state index is 13.3. The number of hydrogen-bond donors (Lipinski definition) is 2. The van der Waals surface area contributed by atoms with Gasteiger partial charge in [0.1, 0.15) is 6.04 Å². The minimum absolute atomic E-state index is 0.171. The molecule has 1 aliphatic heterocycles. The normalized spacial score (nSPS) is 19.0. The zero-order valence-electron chi connectivity index (χ0n) is 11.6. The van der Waals surface area contributed by atoms with E-state index in [1.165, 1.54) is 6.07 Å². The van der Waals surface area contributed by atoms with E-state index in [0.29, 0.717) is 24.0 Å². The fraction of sp³-hybridized carbons (Fsp3) is 0.333. The zero-order chi connectivity index (χ0) is 15.6. The molecule has 1 aliphatic rings. The Morgan fingerprint density at radius 1 is 1.43 bits per heavy atom. The summed E-state index contributed by atoms with van der Waals surface area (Å²) >= 11 is 0. The van der Waals surface area contributed by atoms with Crippen LogP contribution in [0.1, 0.15) is 31.4 Å². The van der Waals surface area contributed by atoms with Crippen molar-refractivity contribution in [2.24, 2.45) is 0 Å². The van der Waals surface area contributed by atoms with E-state index in [1.54, 1.807) is 6.92 Å². The molecule has 1 aromatic carbocycles. The first-order valence-corrected chi connectivity index (χ1v) is 6.58. The van der Waals surface area contributed by atoms with Crippen molar-refractivity contribution in [3.8, 4) is 0 Å². The van der Waals surface area contributed by atoms with Crippen LogP contribution in [0.4, 0.5) is 8.78 Å². The molecule has 0 aliphatic carbocycles. The van der Waals surface area contributed by atoms with Crippen molar-refractivity contribution in [1.29, 1.82) is 0 Å². The lowest BCUT2D eigenvalue weighted by molar-refractivity contribution is -0.126. The molecular weight excluding hydrogens is 278 g/mol. The van der Waals surface area contributed by atoms with Crippen LogP contribution in [-0.4, -0.2) is 17.9 Å². The highest BCUT2D eigenvalue weighted by Crippen LogP contribution is 2.22. The summed E-state index contributed by atoms with van der Waals surface area (Å²) in [6.45, 7) is 5.44. The number of amides is 2. The highest BCUT2D eigenvalue weighted by Gasteiger charge is 2.29. The van der Waals surface area contributed by atoms with Crippen LogP contribution in [0.2, 0.25) is 0 Å². The maximum absolute atomic E-state index is 13.3. The predicted octanol–water partition coefficient (Wildman–Crippen LogP) is 1.98. The Morgan fingerprint density at radius 2 is 2.14 bits per heavy atom. The Morgan fingerprint density at radius 3 is 2.67 bits per heavy atom. The van der Waals surface area contributed by atoms with Crippen molar-refractivity contribution < 1.29 is 18.4 Å². The molecule has 2 amide bonds. The number of carbonyl (C=O) groups excluding carboxylic acids is 2. The predicted molar refractivity (Wildman–Crippen MR) is 73.2 cm³/mol. The summed E-state index contributed by atoms with van der Waals surface area (Å²) in [5.74, 6) is -2.47. The molecule has 112 valence electrons. The molecule has 0 spiro atoms. The van der Waals surface area contributed by atoms with Crippen LogP contribution in [0.3, 0.4) is 0 Å². The number of rotatable bonds is 4. The van der Waals surface area contributed by atoms with Crippen LogP contribution in [0, 0.1) is 11.6 Å². The van der Waals surface area contributed by atoms with Crippen molar-refractivity contribution in [3.05, 3.63) is 47.5 Å². The Labute approximate surface area is 121 Å². The first kappa shape index (κ1) is 15.2. The molecule has 0 saturated carbocycles. The van der Waals surface area contributed by atoms with E-state index >= 15 is 0 Å². The highest BCUT2D eigenvalue weighted by atomic mass is 19.2. The molecule has 2 rings (SSSR count). The van der Waals surface area contributed by atoms with Crippen LogP contribution >= 0.6 is 0 Å². The van der Waals surface area contributed by atoms with Crippen LogP contribution in [0.15, 0.2) is 30.4 Å². The summed E-state index contributed by atoms with van der Waals surface area (Å²) in [5, 5.41) is 5.25. The topological polar surface area (TPSA) is 58.2 Å². The Balaban J connectivity index is 2.15. The van der Waals surface area contributed by atoms with Gasteiger partial charge in [-0.05, 0) is 31.0 Å². The van der Waals surface area contributed by atoms with Crippen molar-refractivity contribution in [2.45, 2.75) is 31.8 Å². The van der Waals surface area contributed by atoms with E-state index in [9.17, 15) is 18.4 Å². The number of halogens is 2. The Bertz CT molecular complexity index is 601. The average molecular weight is 294 g/mol. The van der Waals surface area contributed by atoms with Crippen LogP contribution in [0.25, 0.3) is 0 Å². The van der Waals surface area contributed by atoms with Gasteiger partial charge >= 0.3 is 0 Å². The van der Waals surface area contributed by atoms with Gasteiger partial charge in [0, 0.05) is 6.42 Å². The van der Waals surface area contributed by atoms with Crippen molar-refractivity contribution >= 4 is 11.8 Å². The van der Waals surface area contributed by atoms with Crippen LogP contribution in [0.5, 0.6) is 0 Å². The molecule has 2 N–H and O–H groups in total. The summed E-state index contributed by atoms with van der Waals surface area (Å²) in [6, 6.07) is 2.20. The number of benzene rings is 1. The van der Waals surface area contributed by atoms with Gasteiger partial charge in [-0.3, -0.25) is 9.59 Å². The Kier molecular flexibility index (Phi) is 4.35. The lowest BCUT2D eigenvalue weighted by Crippen LogP contribution is -2.43. The molecule has 0 aromatic heterocycles. The second-order valence-electron chi connectivity index (χ2n) is 5.12. The van der Waals surface area contributed by atoms with Crippen LogP contribution < -0.4 is 10.6 Å². The van der Waals surface area contributed by atoms with Gasteiger partial charge in [-0.15, -0.1) is 0 Å². The lowest BCUT2D eigenvalue weighted by Gasteiger charge is -2.21. The molecule has 1 aromatic rings. The van der Waals surface area contributed by atoms with Gasteiger partial charge in [-0.1, -0.05) is 18.2 Å². The minimum atomic E-state index is -0.984. The fourth-order valence-corrected chi connectivity index (χ4v) is 2.24. The largest absolute Gasteiger partial charge is 0.344 e. The maximum Gasteiger partial charge on any atom is 0.243 e. The number of hydrogen-bond acceptors (Lipinski definition) is 2. The molecule has 0 bridgehead atoms. The SMILES string of the molecule is C=C(C)[C@@H](NC(=O)[C@@H]1CCC(=O)N1)c1ccc(F)c(F)c1. The second-order valence-corrected chi connectivity index (χ2v) is 5.12. The summed E-state index contributed by atoms with van der Waals surface area (Å²) in [6.07, 6.45) is 0.729. The zero-order valence-corrected chi connectivity index (χ0v) is 11.6. The second kappa shape index (κ2) is 6.03. The molecule has 2 atom stereocenters. The van der Waals surface area contributed by atoms with E-state index < -0.39 is 23.7 Å². The minimum Gasteiger partial charge on any atom is -0.344 e. The van der Waals surface area contributed by atoms with Crippen molar-refractivity contribution in [1.82, 2.24) is 10.6 Å². The van der Waals surface area contributed by atoms with Gasteiger partial charge in [0.2, 0.25) is 11.8 Å². The molecule has 6 heteroatoms. The van der Waals surface area contributed by atoms with Gasteiger partial charge in [0.15, 0.2) is 11.6 Å². The molecule has 1 saturated heterocycles.